The van der Waals surface area contributed by atoms with Gasteiger partial charge in [-0.15, -0.1) is 0 Å². The van der Waals surface area contributed by atoms with Crippen molar-refractivity contribution >= 4 is 34.6 Å². The summed E-state index contributed by atoms with van der Waals surface area (Å²) in [5.74, 6) is 0.0377. The Labute approximate surface area is 157 Å². The first-order valence-electron chi connectivity index (χ1n) is 8.30. The highest BCUT2D eigenvalue weighted by atomic mass is 127. The molecule has 1 fully saturated rings. The molecule has 1 unspecified atom stereocenters. The van der Waals surface area contributed by atoms with Gasteiger partial charge in [-0.3, -0.25) is 4.79 Å². The van der Waals surface area contributed by atoms with Crippen molar-refractivity contribution in [1.82, 2.24) is 10.2 Å². The fourth-order valence-electron chi connectivity index (χ4n) is 2.78. The third-order valence-corrected chi connectivity index (χ3v) is 4.81. The zero-order valence-electron chi connectivity index (χ0n) is 14.5. The average Bonchev–Trinajstić information content (AvgIpc) is 2.51. The van der Waals surface area contributed by atoms with Crippen LogP contribution < -0.4 is 5.32 Å². The maximum atomic E-state index is 12.9. The van der Waals surface area contributed by atoms with E-state index in [-0.39, 0.29) is 11.9 Å². The van der Waals surface area contributed by atoms with E-state index in [1.165, 1.54) is 0 Å². The van der Waals surface area contributed by atoms with Crippen LogP contribution in [0.1, 0.15) is 50.4 Å². The Morgan fingerprint density at radius 2 is 2.00 bits per heavy atom. The van der Waals surface area contributed by atoms with Crippen molar-refractivity contribution in [1.29, 1.82) is 0 Å². The van der Waals surface area contributed by atoms with Crippen LogP contribution in [0.25, 0.3) is 0 Å². The van der Waals surface area contributed by atoms with Gasteiger partial charge in [-0.05, 0) is 74.8 Å². The fraction of sp³-hybridized carbons (Fsp3) is 0.556. The topological polar surface area (TPSA) is 58.6 Å². The molecule has 0 saturated carbocycles. The fourth-order valence-corrected chi connectivity index (χ4v) is 3.40. The Bertz CT molecular complexity index is 598. The van der Waals surface area contributed by atoms with Crippen molar-refractivity contribution < 1.29 is 14.3 Å². The minimum Gasteiger partial charge on any atom is -0.444 e. The van der Waals surface area contributed by atoms with Gasteiger partial charge >= 0.3 is 6.09 Å². The molecule has 1 saturated heterocycles. The molecule has 1 aromatic carbocycles. The van der Waals surface area contributed by atoms with Crippen LogP contribution in [0.2, 0.25) is 0 Å². The molecule has 0 spiro atoms. The monoisotopic (exact) mass is 444 g/mol. The summed E-state index contributed by atoms with van der Waals surface area (Å²) < 4.78 is 6.22. The first-order valence-corrected chi connectivity index (χ1v) is 9.38. The standard InChI is InChI=1S/C18H25IN2O3/c1-18(2,3)24-17(23)20-12-13-8-6-7-11-21(13)16(22)14-9-4-5-10-15(14)19/h4-5,9-10,13H,6-8,11-12H2,1-3H3,(H,20,23). The van der Waals surface area contributed by atoms with Crippen LogP contribution in [0.4, 0.5) is 4.79 Å². The molecular weight excluding hydrogens is 419 g/mol. The van der Waals surface area contributed by atoms with E-state index >= 15 is 0 Å². The summed E-state index contributed by atoms with van der Waals surface area (Å²) in [6.45, 7) is 6.65. The van der Waals surface area contributed by atoms with E-state index in [4.69, 9.17) is 4.74 Å². The molecule has 1 aromatic rings. The summed E-state index contributed by atoms with van der Waals surface area (Å²) in [6.07, 6.45) is 2.52. The zero-order valence-corrected chi connectivity index (χ0v) is 16.6. The van der Waals surface area contributed by atoms with Crippen LogP contribution in [0, 0.1) is 3.57 Å². The number of carbonyl (C=O) groups is 2. The first-order chi connectivity index (χ1) is 11.3. The van der Waals surface area contributed by atoms with E-state index in [2.05, 4.69) is 27.9 Å². The van der Waals surface area contributed by atoms with Crippen molar-refractivity contribution in [2.24, 2.45) is 0 Å². The van der Waals surface area contributed by atoms with Crippen molar-refractivity contribution in [2.45, 2.75) is 51.7 Å². The van der Waals surface area contributed by atoms with Gasteiger partial charge in [0.05, 0.1) is 5.56 Å². The Hall–Kier alpha value is -1.31. The van der Waals surface area contributed by atoms with Crippen LogP contribution >= 0.6 is 22.6 Å². The van der Waals surface area contributed by atoms with Gasteiger partial charge in [-0.2, -0.15) is 0 Å². The molecular formula is C18H25IN2O3. The van der Waals surface area contributed by atoms with Gasteiger partial charge in [0.15, 0.2) is 0 Å². The number of piperidine rings is 1. The van der Waals surface area contributed by atoms with Gasteiger partial charge in [-0.1, -0.05) is 12.1 Å². The SMILES string of the molecule is CC(C)(C)OC(=O)NCC1CCCCN1C(=O)c1ccccc1I. The summed E-state index contributed by atoms with van der Waals surface area (Å²) in [4.78, 5) is 26.6. The second kappa shape index (κ2) is 8.18. The molecule has 1 aliphatic rings. The van der Waals surface area contributed by atoms with Crippen LogP contribution in [0.3, 0.4) is 0 Å². The summed E-state index contributed by atoms with van der Waals surface area (Å²) >= 11 is 2.19. The predicted octanol–water partition coefficient (Wildman–Crippen LogP) is 3.81. The highest BCUT2D eigenvalue weighted by molar-refractivity contribution is 14.1. The molecule has 2 amide bonds. The maximum Gasteiger partial charge on any atom is 0.407 e. The molecule has 132 valence electrons. The van der Waals surface area contributed by atoms with Crippen LogP contribution in [-0.2, 0) is 4.74 Å². The molecule has 2 rings (SSSR count). The molecule has 1 heterocycles. The molecule has 1 aliphatic heterocycles. The largest absolute Gasteiger partial charge is 0.444 e. The second-order valence-electron chi connectivity index (χ2n) is 7.01. The number of carbonyl (C=O) groups excluding carboxylic acids is 2. The number of rotatable bonds is 3. The number of nitrogens with zero attached hydrogens (tertiary/aromatic N) is 1. The van der Waals surface area contributed by atoms with E-state index in [1.807, 2.05) is 49.9 Å². The number of hydrogen-bond donors (Lipinski definition) is 1. The number of benzene rings is 1. The van der Waals surface area contributed by atoms with Gasteiger partial charge in [0.25, 0.3) is 5.91 Å². The summed E-state index contributed by atoms with van der Waals surface area (Å²) in [5.41, 5.74) is 0.203. The van der Waals surface area contributed by atoms with Crippen molar-refractivity contribution in [3.8, 4) is 0 Å². The molecule has 0 aromatic heterocycles. The first kappa shape index (κ1) is 19.0. The lowest BCUT2D eigenvalue weighted by Crippen LogP contribution is -2.50. The molecule has 1 atom stereocenters. The Morgan fingerprint density at radius 1 is 1.29 bits per heavy atom. The number of likely N-dealkylation sites (tertiary alicyclic amines) is 1. The van der Waals surface area contributed by atoms with Gasteiger partial charge < -0.3 is 15.0 Å². The molecule has 0 aliphatic carbocycles. The van der Waals surface area contributed by atoms with Gasteiger partial charge in [-0.25, -0.2) is 4.79 Å². The van der Waals surface area contributed by atoms with Crippen LogP contribution in [-0.4, -0.2) is 41.6 Å². The highest BCUT2D eigenvalue weighted by Crippen LogP contribution is 2.22. The average molecular weight is 444 g/mol. The van der Waals surface area contributed by atoms with Crippen molar-refractivity contribution in [3.63, 3.8) is 0 Å². The number of halogens is 1. The predicted molar refractivity (Wildman–Crippen MR) is 102 cm³/mol. The highest BCUT2D eigenvalue weighted by Gasteiger charge is 2.29. The number of amides is 2. The Balaban J connectivity index is 2.01. The van der Waals surface area contributed by atoms with Gasteiger partial charge in [0, 0.05) is 22.7 Å². The smallest absolute Gasteiger partial charge is 0.407 e. The summed E-state index contributed by atoms with van der Waals surface area (Å²) in [6, 6.07) is 7.61. The molecule has 0 bridgehead atoms. The molecule has 0 radical (unpaired) electrons. The Kier molecular flexibility index (Phi) is 6.48. The van der Waals surface area contributed by atoms with Gasteiger partial charge in [0.2, 0.25) is 0 Å². The van der Waals surface area contributed by atoms with E-state index in [9.17, 15) is 9.59 Å². The van der Waals surface area contributed by atoms with E-state index in [0.29, 0.717) is 6.54 Å². The lowest BCUT2D eigenvalue weighted by molar-refractivity contribution is 0.0462. The second-order valence-corrected chi connectivity index (χ2v) is 8.17. The van der Waals surface area contributed by atoms with Gasteiger partial charge in [0.1, 0.15) is 5.60 Å². The Morgan fingerprint density at radius 3 is 2.67 bits per heavy atom. The van der Waals surface area contributed by atoms with E-state index < -0.39 is 11.7 Å². The minimum absolute atomic E-state index is 0.00905. The minimum atomic E-state index is -0.522. The number of alkyl carbamates (subject to hydrolysis) is 1. The van der Waals surface area contributed by atoms with Crippen molar-refractivity contribution in [3.05, 3.63) is 33.4 Å². The number of hydrogen-bond acceptors (Lipinski definition) is 3. The molecule has 24 heavy (non-hydrogen) atoms. The van der Waals surface area contributed by atoms with E-state index in [0.717, 1.165) is 34.9 Å². The van der Waals surface area contributed by atoms with Crippen LogP contribution in [0.5, 0.6) is 0 Å². The number of ether oxygens (including phenoxy) is 1. The quantitative estimate of drug-likeness (QED) is 0.722. The zero-order chi connectivity index (χ0) is 17.7. The number of nitrogens with one attached hydrogen (secondary N) is 1. The molecule has 5 nitrogen and oxygen atoms in total. The summed E-state index contributed by atoms with van der Waals surface area (Å²) in [5, 5.41) is 2.80. The summed E-state index contributed by atoms with van der Waals surface area (Å²) in [7, 11) is 0. The molecule has 1 N–H and O–H groups in total. The lowest BCUT2D eigenvalue weighted by Gasteiger charge is -2.36. The lowest BCUT2D eigenvalue weighted by atomic mass is 10.0. The van der Waals surface area contributed by atoms with Crippen LogP contribution in [0.15, 0.2) is 24.3 Å². The third kappa shape index (κ3) is 5.36. The molecule has 6 heteroatoms. The normalized spacial score (nSPS) is 18.2. The van der Waals surface area contributed by atoms with E-state index in [1.54, 1.807) is 0 Å². The third-order valence-electron chi connectivity index (χ3n) is 3.87. The van der Waals surface area contributed by atoms with Crippen molar-refractivity contribution in [2.75, 3.05) is 13.1 Å². The maximum absolute atomic E-state index is 12.9.